The quantitative estimate of drug-likeness (QED) is 0.797. The number of benzene rings is 2. The number of carbonyl (C=O) groups excluding carboxylic acids is 1. The van der Waals surface area contributed by atoms with Crippen LogP contribution in [-0.2, 0) is 16.0 Å². The number of carbonyl (C=O) groups is 1. The zero-order chi connectivity index (χ0) is 17.4. The summed E-state index contributed by atoms with van der Waals surface area (Å²) in [6.07, 6.45) is -0.0920. The second-order valence-electron chi connectivity index (χ2n) is 6.62. The highest BCUT2D eigenvalue weighted by Crippen LogP contribution is 2.28. The number of hydrogen-bond donors (Lipinski definition) is 1. The van der Waals surface area contributed by atoms with E-state index in [9.17, 15) is 9.90 Å². The lowest BCUT2D eigenvalue weighted by Crippen LogP contribution is -2.52. The Balaban J connectivity index is 1.60. The minimum atomic E-state index is -0.306. The van der Waals surface area contributed by atoms with E-state index in [0.29, 0.717) is 18.9 Å². The van der Waals surface area contributed by atoms with Crippen LogP contribution < -0.4 is 0 Å². The molecule has 0 bridgehead atoms. The Kier molecular flexibility index (Phi) is 4.19. The van der Waals surface area contributed by atoms with Crippen molar-refractivity contribution in [1.82, 2.24) is 4.90 Å². The summed E-state index contributed by atoms with van der Waals surface area (Å²) in [5.41, 5.74) is 0.796. The highest BCUT2D eigenvalue weighted by atomic mass is 16.5. The molecule has 0 aliphatic carbocycles. The van der Waals surface area contributed by atoms with E-state index in [1.54, 1.807) is 4.90 Å². The van der Waals surface area contributed by atoms with Gasteiger partial charge in [-0.2, -0.15) is 0 Å². The Hall–Kier alpha value is -2.37. The van der Waals surface area contributed by atoms with Crippen LogP contribution >= 0.6 is 0 Å². The lowest BCUT2D eigenvalue weighted by atomic mass is 10.1. The van der Waals surface area contributed by atoms with Gasteiger partial charge in [0, 0.05) is 11.9 Å². The molecule has 1 N–H and O–H groups in total. The SMILES string of the molecule is C[C@H]1CO[C@H](CO)CN1C(=O)Cc1cc2c(ccc3ccccc32)o1. The topological polar surface area (TPSA) is 62.9 Å². The molecular formula is C20H21NO4. The third kappa shape index (κ3) is 3.01. The predicted octanol–water partition coefficient (Wildman–Crippen LogP) is 2.74. The molecule has 5 heteroatoms. The molecule has 4 rings (SSSR count). The Morgan fingerprint density at radius 2 is 2.08 bits per heavy atom. The average Bonchev–Trinajstić information content (AvgIpc) is 3.05. The van der Waals surface area contributed by atoms with Gasteiger partial charge in [-0.15, -0.1) is 0 Å². The molecule has 2 heterocycles. The van der Waals surface area contributed by atoms with E-state index in [0.717, 1.165) is 21.7 Å². The summed E-state index contributed by atoms with van der Waals surface area (Å²) in [5.74, 6) is 0.660. The fourth-order valence-corrected chi connectivity index (χ4v) is 3.46. The lowest BCUT2D eigenvalue weighted by Gasteiger charge is -2.37. The second kappa shape index (κ2) is 6.50. The summed E-state index contributed by atoms with van der Waals surface area (Å²) in [7, 11) is 0. The van der Waals surface area contributed by atoms with Crippen molar-refractivity contribution in [2.45, 2.75) is 25.5 Å². The zero-order valence-corrected chi connectivity index (χ0v) is 14.1. The highest BCUT2D eigenvalue weighted by Gasteiger charge is 2.29. The maximum atomic E-state index is 12.7. The van der Waals surface area contributed by atoms with Crippen molar-refractivity contribution in [3.63, 3.8) is 0 Å². The normalized spacial score (nSPS) is 21.1. The van der Waals surface area contributed by atoms with Crippen molar-refractivity contribution in [3.8, 4) is 0 Å². The minimum Gasteiger partial charge on any atom is -0.461 e. The monoisotopic (exact) mass is 339 g/mol. The molecule has 1 amide bonds. The van der Waals surface area contributed by atoms with Crippen LogP contribution in [0.4, 0.5) is 0 Å². The maximum absolute atomic E-state index is 12.7. The Morgan fingerprint density at radius 1 is 1.24 bits per heavy atom. The first kappa shape index (κ1) is 16.1. The smallest absolute Gasteiger partial charge is 0.230 e. The van der Waals surface area contributed by atoms with Crippen LogP contribution in [0.3, 0.4) is 0 Å². The Morgan fingerprint density at radius 3 is 2.92 bits per heavy atom. The molecule has 130 valence electrons. The number of hydrogen-bond acceptors (Lipinski definition) is 4. The van der Waals surface area contributed by atoms with Crippen molar-refractivity contribution in [2.75, 3.05) is 19.8 Å². The summed E-state index contributed by atoms with van der Waals surface area (Å²) in [6, 6.07) is 14.1. The van der Waals surface area contributed by atoms with Crippen molar-refractivity contribution in [2.24, 2.45) is 0 Å². The van der Waals surface area contributed by atoms with E-state index in [4.69, 9.17) is 9.15 Å². The number of fused-ring (bicyclic) bond motifs is 3. The molecule has 0 saturated carbocycles. The van der Waals surface area contributed by atoms with Crippen LogP contribution in [-0.4, -0.2) is 47.8 Å². The predicted molar refractivity (Wildman–Crippen MR) is 95.4 cm³/mol. The molecule has 25 heavy (non-hydrogen) atoms. The number of morpholine rings is 1. The molecule has 1 saturated heterocycles. The minimum absolute atomic E-state index is 0.000471. The average molecular weight is 339 g/mol. The van der Waals surface area contributed by atoms with E-state index in [1.807, 2.05) is 37.3 Å². The fraction of sp³-hybridized carbons (Fsp3) is 0.350. The van der Waals surface area contributed by atoms with E-state index >= 15 is 0 Å². The molecule has 5 nitrogen and oxygen atoms in total. The molecular weight excluding hydrogens is 318 g/mol. The molecule has 1 aliphatic rings. The van der Waals surface area contributed by atoms with Gasteiger partial charge in [-0.05, 0) is 29.8 Å². The van der Waals surface area contributed by atoms with Gasteiger partial charge in [-0.3, -0.25) is 4.79 Å². The standard InChI is InChI=1S/C20H21NO4/c1-13-12-24-16(11-22)10-21(13)20(23)9-15-8-18-17-5-3-2-4-14(17)6-7-19(18)25-15/h2-8,13,16,22H,9-12H2,1H3/t13-,16-/m0/s1. The largest absolute Gasteiger partial charge is 0.461 e. The highest BCUT2D eigenvalue weighted by molar-refractivity contribution is 6.06. The Labute approximate surface area is 145 Å². The van der Waals surface area contributed by atoms with Crippen molar-refractivity contribution in [3.05, 3.63) is 48.2 Å². The van der Waals surface area contributed by atoms with Gasteiger partial charge in [0.2, 0.25) is 5.91 Å². The summed E-state index contributed by atoms with van der Waals surface area (Å²) in [6.45, 7) is 2.74. The molecule has 2 atom stereocenters. The molecule has 1 aliphatic heterocycles. The van der Waals surface area contributed by atoms with Crippen LogP contribution in [0, 0.1) is 0 Å². The van der Waals surface area contributed by atoms with Gasteiger partial charge >= 0.3 is 0 Å². The van der Waals surface area contributed by atoms with Gasteiger partial charge < -0.3 is 19.2 Å². The van der Waals surface area contributed by atoms with Crippen LogP contribution in [0.15, 0.2) is 46.9 Å². The van der Waals surface area contributed by atoms with Gasteiger partial charge in [0.25, 0.3) is 0 Å². The molecule has 1 aromatic heterocycles. The summed E-state index contributed by atoms with van der Waals surface area (Å²) in [4.78, 5) is 14.5. The molecule has 0 spiro atoms. The first-order valence-corrected chi connectivity index (χ1v) is 8.58. The molecule has 2 aromatic carbocycles. The third-order valence-electron chi connectivity index (χ3n) is 4.83. The van der Waals surface area contributed by atoms with Crippen LogP contribution in [0.25, 0.3) is 21.7 Å². The van der Waals surface area contributed by atoms with Crippen molar-refractivity contribution in [1.29, 1.82) is 0 Å². The van der Waals surface area contributed by atoms with E-state index in [-0.39, 0.29) is 31.1 Å². The maximum Gasteiger partial charge on any atom is 0.230 e. The number of aliphatic hydroxyl groups is 1. The van der Waals surface area contributed by atoms with E-state index in [2.05, 4.69) is 12.1 Å². The number of furan rings is 1. The van der Waals surface area contributed by atoms with Gasteiger partial charge in [0.1, 0.15) is 11.3 Å². The molecule has 0 radical (unpaired) electrons. The summed E-state index contributed by atoms with van der Waals surface area (Å²) < 4.78 is 11.4. The summed E-state index contributed by atoms with van der Waals surface area (Å²) >= 11 is 0. The van der Waals surface area contributed by atoms with Crippen molar-refractivity contribution >= 4 is 27.6 Å². The van der Waals surface area contributed by atoms with Crippen LogP contribution in [0.2, 0.25) is 0 Å². The number of rotatable bonds is 3. The first-order chi connectivity index (χ1) is 12.2. The molecule has 3 aromatic rings. The second-order valence-corrected chi connectivity index (χ2v) is 6.62. The first-order valence-electron chi connectivity index (χ1n) is 8.58. The molecule has 0 unspecified atom stereocenters. The van der Waals surface area contributed by atoms with Crippen LogP contribution in [0.5, 0.6) is 0 Å². The van der Waals surface area contributed by atoms with Gasteiger partial charge in [0.15, 0.2) is 0 Å². The number of ether oxygens (including phenoxy) is 1. The lowest BCUT2D eigenvalue weighted by molar-refractivity contribution is -0.145. The van der Waals surface area contributed by atoms with Gasteiger partial charge in [-0.1, -0.05) is 30.3 Å². The third-order valence-corrected chi connectivity index (χ3v) is 4.83. The number of aliphatic hydroxyl groups excluding tert-OH is 1. The molecule has 1 fully saturated rings. The fourth-order valence-electron chi connectivity index (χ4n) is 3.46. The van der Waals surface area contributed by atoms with E-state index < -0.39 is 0 Å². The van der Waals surface area contributed by atoms with Gasteiger partial charge in [0.05, 0.1) is 31.8 Å². The Bertz CT molecular complexity index is 916. The van der Waals surface area contributed by atoms with E-state index in [1.165, 1.54) is 0 Å². The zero-order valence-electron chi connectivity index (χ0n) is 14.1. The van der Waals surface area contributed by atoms with Crippen molar-refractivity contribution < 1.29 is 19.1 Å². The number of nitrogens with zero attached hydrogens (tertiary/aromatic N) is 1. The summed E-state index contributed by atoms with van der Waals surface area (Å²) in [5, 5.41) is 12.6. The number of amides is 1. The van der Waals surface area contributed by atoms with Gasteiger partial charge in [-0.25, -0.2) is 0 Å². The van der Waals surface area contributed by atoms with Crippen LogP contribution in [0.1, 0.15) is 12.7 Å².